The number of benzene rings is 3. The Labute approximate surface area is 165 Å². The number of hydrogen-bond donors (Lipinski definition) is 0. The molecule has 5 rings (SSSR count). The lowest BCUT2D eigenvalue weighted by Crippen LogP contribution is -2.09. The van der Waals surface area contributed by atoms with Crippen molar-refractivity contribution < 1.29 is 9.47 Å². The fourth-order valence-electron chi connectivity index (χ4n) is 4.24. The molecule has 3 aromatic rings. The van der Waals surface area contributed by atoms with Crippen LogP contribution in [0.3, 0.4) is 0 Å². The van der Waals surface area contributed by atoms with Crippen LogP contribution < -0.4 is 9.47 Å². The number of para-hydroxylation sites is 1. The number of nitrogens with zero attached hydrogens (tertiary/aromatic N) is 2. The van der Waals surface area contributed by atoms with Crippen LogP contribution in [0.25, 0.3) is 0 Å². The van der Waals surface area contributed by atoms with Crippen molar-refractivity contribution in [3.8, 4) is 11.5 Å². The first kappa shape index (κ1) is 17.0. The Kier molecular flexibility index (Phi) is 4.14. The van der Waals surface area contributed by atoms with Crippen LogP contribution in [0.1, 0.15) is 28.9 Å². The maximum Gasteiger partial charge on any atom is 0.133 e. The summed E-state index contributed by atoms with van der Waals surface area (Å²) in [5.74, 6) is 1.74. The molecule has 4 nitrogen and oxygen atoms in total. The van der Waals surface area contributed by atoms with Gasteiger partial charge >= 0.3 is 0 Å². The minimum atomic E-state index is -0.0385. The molecule has 1 fully saturated rings. The van der Waals surface area contributed by atoms with Gasteiger partial charge in [0.15, 0.2) is 0 Å². The van der Waals surface area contributed by atoms with E-state index >= 15 is 0 Å². The summed E-state index contributed by atoms with van der Waals surface area (Å²) >= 11 is 0. The highest BCUT2D eigenvalue weighted by Gasteiger charge is 2.59. The van der Waals surface area contributed by atoms with Gasteiger partial charge in [-0.15, -0.1) is 0 Å². The molecule has 3 aromatic carbocycles. The number of fused-ring (bicyclic) bond motifs is 1. The van der Waals surface area contributed by atoms with Crippen LogP contribution in [-0.4, -0.2) is 30.9 Å². The van der Waals surface area contributed by atoms with Gasteiger partial charge in [0.05, 0.1) is 32.0 Å². The molecule has 0 aromatic heterocycles. The van der Waals surface area contributed by atoms with Crippen molar-refractivity contribution in [3.05, 3.63) is 95.6 Å². The van der Waals surface area contributed by atoms with Crippen molar-refractivity contribution in [2.45, 2.75) is 18.2 Å². The lowest BCUT2D eigenvalue weighted by molar-refractivity contribution is 0.366. The van der Waals surface area contributed by atoms with E-state index in [4.69, 9.17) is 14.5 Å². The molecule has 28 heavy (non-hydrogen) atoms. The Morgan fingerprint density at radius 2 is 1.46 bits per heavy atom. The largest absolute Gasteiger partial charge is 0.497 e. The van der Waals surface area contributed by atoms with Gasteiger partial charge in [0.2, 0.25) is 0 Å². The number of methoxy groups -OCH3 is 2. The molecule has 4 unspecified atom stereocenters. The van der Waals surface area contributed by atoms with Crippen LogP contribution in [0.2, 0.25) is 0 Å². The van der Waals surface area contributed by atoms with Crippen LogP contribution >= 0.6 is 0 Å². The Morgan fingerprint density at radius 3 is 2.18 bits per heavy atom. The standard InChI is InChI=1S/C24H22N2O2/c1-27-18-14-12-16(13-15-18)21-23-22(17-8-4-3-5-9-17)26(23)24(25-21)19-10-6-7-11-20(19)28-2/h3-15,22-24H,1-2H3. The van der Waals surface area contributed by atoms with E-state index in [0.717, 1.165) is 28.3 Å². The highest BCUT2D eigenvalue weighted by Crippen LogP contribution is 2.56. The van der Waals surface area contributed by atoms with Crippen LogP contribution in [0.15, 0.2) is 83.9 Å². The molecule has 2 aliphatic heterocycles. The second-order valence-electron chi connectivity index (χ2n) is 7.11. The Hall–Kier alpha value is -3.11. The minimum Gasteiger partial charge on any atom is -0.497 e. The fourth-order valence-corrected chi connectivity index (χ4v) is 4.24. The van der Waals surface area contributed by atoms with Gasteiger partial charge in [0, 0.05) is 5.56 Å². The van der Waals surface area contributed by atoms with Gasteiger partial charge in [0.25, 0.3) is 0 Å². The molecule has 2 aliphatic rings. The summed E-state index contributed by atoms with van der Waals surface area (Å²) in [6.07, 6.45) is -0.0385. The number of ether oxygens (including phenoxy) is 2. The molecule has 0 amide bonds. The lowest BCUT2D eigenvalue weighted by Gasteiger charge is -2.17. The van der Waals surface area contributed by atoms with E-state index < -0.39 is 0 Å². The zero-order valence-electron chi connectivity index (χ0n) is 15.9. The molecule has 0 bridgehead atoms. The van der Waals surface area contributed by atoms with E-state index in [1.54, 1.807) is 14.2 Å². The molecule has 1 saturated heterocycles. The summed E-state index contributed by atoms with van der Waals surface area (Å²) < 4.78 is 10.9. The maximum atomic E-state index is 5.62. The first-order valence-corrected chi connectivity index (χ1v) is 9.49. The van der Waals surface area contributed by atoms with Crippen LogP contribution in [0, 0.1) is 0 Å². The predicted molar refractivity (Wildman–Crippen MR) is 110 cm³/mol. The smallest absolute Gasteiger partial charge is 0.133 e. The third-order valence-corrected chi connectivity index (χ3v) is 5.62. The van der Waals surface area contributed by atoms with Gasteiger partial charge in [-0.1, -0.05) is 48.5 Å². The summed E-state index contributed by atoms with van der Waals surface area (Å²) in [5.41, 5.74) is 4.71. The van der Waals surface area contributed by atoms with E-state index in [1.165, 1.54) is 5.56 Å². The monoisotopic (exact) mass is 370 g/mol. The minimum absolute atomic E-state index is 0.0385. The van der Waals surface area contributed by atoms with E-state index in [-0.39, 0.29) is 12.2 Å². The number of rotatable bonds is 5. The van der Waals surface area contributed by atoms with Gasteiger partial charge in [-0.3, -0.25) is 9.89 Å². The molecule has 140 valence electrons. The van der Waals surface area contributed by atoms with E-state index in [9.17, 15) is 0 Å². The predicted octanol–water partition coefficient (Wildman–Crippen LogP) is 4.63. The quantitative estimate of drug-likeness (QED) is 0.614. The normalized spacial score (nSPS) is 25.0. The molecule has 0 radical (unpaired) electrons. The molecule has 4 atom stereocenters. The lowest BCUT2D eigenvalue weighted by atomic mass is 10.0. The molecular formula is C24H22N2O2. The second kappa shape index (κ2) is 6.80. The Morgan fingerprint density at radius 1 is 0.750 bits per heavy atom. The van der Waals surface area contributed by atoms with Gasteiger partial charge in [0.1, 0.15) is 17.7 Å². The first-order valence-electron chi connectivity index (χ1n) is 9.49. The highest BCUT2D eigenvalue weighted by atomic mass is 16.5. The maximum absolute atomic E-state index is 5.62. The van der Waals surface area contributed by atoms with Gasteiger partial charge in [-0.2, -0.15) is 0 Å². The van der Waals surface area contributed by atoms with Gasteiger partial charge < -0.3 is 9.47 Å². The Bertz CT molecular complexity index is 1010. The molecule has 0 N–H and O–H groups in total. The molecule has 0 spiro atoms. The average molecular weight is 370 g/mol. The first-order chi connectivity index (χ1) is 13.8. The van der Waals surface area contributed by atoms with Gasteiger partial charge in [-0.05, 0) is 41.5 Å². The van der Waals surface area contributed by atoms with Crippen molar-refractivity contribution in [1.29, 1.82) is 0 Å². The molecule has 2 heterocycles. The van der Waals surface area contributed by atoms with Crippen molar-refractivity contribution in [3.63, 3.8) is 0 Å². The summed E-state index contributed by atoms with van der Waals surface area (Å²) in [6.45, 7) is 0. The molecule has 0 saturated carbocycles. The number of aliphatic imine (C=N–C) groups is 1. The van der Waals surface area contributed by atoms with Crippen LogP contribution in [0.5, 0.6) is 11.5 Å². The molecule has 0 aliphatic carbocycles. The van der Waals surface area contributed by atoms with E-state index in [2.05, 4.69) is 59.5 Å². The van der Waals surface area contributed by atoms with Crippen LogP contribution in [-0.2, 0) is 0 Å². The van der Waals surface area contributed by atoms with Crippen molar-refractivity contribution in [1.82, 2.24) is 4.90 Å². The third-order valence-electron chi connectivity index (χ3n) is 5.62. The second-order valence-corrected chi connectivity index (χ2v) is 7.11. The van der Waals surface area contributed by atoms with Crippen LogP contribution in [0.4, 0.5) is 0 Å². The fraction of sp³-hybridized carbons (Fsp3) is 0.208. The summed E-state index contributed by atoms with van der Waals surface area (Å²) in [4.78, 5) is 7.59. The topological polar surface area (TPSA) is 33.8 Å². The summed E-state index contributed by atoms with van der Waals surface area (Å²) in [7, 11) is 3.41. The number of hydrogen-bond acceptors (Lipinski definition) is 4. The van der Waals surface area contributed by atoms with Gasteiger partial charge in [-0.25, -0.2) is 0 Å². The summed E-state index contributed by atoms with van der Waals surface area (Å²) in [6, 6.07) is 27.7. The summed E-state index contributed by atoms with van der Waals surface area (Å²) in [5, 5.41) is 0. The molecular weight excluding hydrogens is 348 g/mol. The van der Waals surface area contributed by atoms with Crippen molar-refractivity contribution >= 4 is 5.71 Å². The SMILES string of the molecule is COc1ccc(C2=NC(c3ccccc3OC)N3C2C3c2ccccc2)cc1. The Balaban J connectivity index is 1.57. The average Bonchev–Trinajstić information content (AvgIpc) is 3.38. The van der Waals surface area contributed by atoms with Crippen molar-refractivity contribution in [2.24, 2.45) is 4.99 Å². The zero-order chi connectivity index (χ0) is 19.1. The zero-order valence-corrected chi connectivity index (χ0v) is 15.9. The van der Waals surface area contributed by atoms with Crippen molar-refractivity contribution in [2.75, 3.05) is 14.2 Å². The molecule has 4 heteroatoms. The third kappa shape index (κ3) is 2.69. The van der Waals surface area contributed by atoms with E-state index in [1.807, 2.05) is 24.3 Å². The van der Waals surface area contributed by atoms with E-state index in [0.29, 0.717) is 6.04 Å². The highest BCUT2D eigenvalue weighted by molar-refractivity contribution is 6.08.